The summed E-state index contributed by atoms with van der Waals surface area (Å²) >= 11 is 0. The molecule has 0 aliphatic heterocycles. The molecule has 1 aliphatic carbocycles. The number of hydrogen-bond donors (Lipinski definition) is 2. The van der Waals surface area contributed by atoms with Gasteiger partial charge in [-0.3, -0.25) is 9.59 Å². The van der Waals surface area contributed by atoms with Crippen LogP contribution in [-0.4, -0.2) is 26.8 Å². The van der Waals surface area contributed by atoms with Crippen molar-refractivity contribution >= 4 is 23.2 Å². The third-order valence-corrected chi connectivity index (χ3v) is 4.07. The monoisotopic (exact) mass is 347 g/mol. The molecule has 7 heteroatoms. The van der Waals surface area contributed by atoms with Gasteiger partial charge in [0.1, 0.15) is 0 Å². The number of para-hydroxylation sites is 1. The largest absolute Gasteiger partial charge is 0.326 e. The molecule has 4 rings (SSSR count). The first kappa shape index (κ1) is 16.0. The first-order valence-corrected chi connectivity index (χ1v) is 8.39. The Morgan fingerprint density at radius 3 is 2.23 bits per heavy atom. The molecule has 0 atom stereocenters. The molecule has 130 valence electrons. The Hall–Kier alpha value is -3.48. The third kappa shape index (κ3) is 3.61. The van der Waals surface area contributed by atoms with Gasteiger partial charge in [0.2, 0.25) is 5.91 Å². The fourth-order valence-corrected chi connectivity index (χ4v) is 2.47. The van der Waals surface area contributed by atoms with Gasteiger partial charge < -0.3 is 10.6 Å². The maximum Gasteiger partial charge on any atom is 0.277 e. The highest BCUT2D eigenvalue weighted by atomic mass is 16.2. The number of nitrogens with one attached hydrogen (secondary N) is 2. The van der Waals surface area contributed by atoms with E-state index in [9.17, 15) is 9.59 Å². The molecule has 0 saturated heterocycles. The second kappa shape index (κ2) is 6.79. The van der Waals surface area contributed by atoms with Gasteiger partial charge in [0.15, 0.2) is 5.69 Å². The maximum atomic E-state index is 12.3. The highest BCUT2D eigenvalue weighted by Crippen LogP contribution is 2.30. The molecule has 1 heterocycles. The van der Waals surface area contributed by atoms with E-state index in [1.54, 1.807) is 24.3 Å². The van der Waals surface area contributed by atoms with Gasteiger partial charge in [0, 0.05) is 17.3 Å². The highest BCUT2D eigenvalue weighted by Gasteiger charge is 2.29. The van der Waals surface area contributed by atoms with Crippen molar-refractivity contribution in [2.45, 2.75) is 12.8 Å². The summed E-state index contributed by atoms with van der Waals surface area (Å²) in [6, 6.07) is 16.4. The van der Waals surface area contributed by atoms with Crippen molar-refractivity contribution in [3.63, 3.8) is 0 Å². The van der Waals surface area contributed by atoms with E-state index in [1.807, 2.05) is 30.3 Å². The molecule has 0 unspecified atom stereocenters. The van der Waals surface area contributed by atoms with Crippen molar-refractivity contribution in [3.05, 3.63) is 66.5 Å². The van der Waals surface area contributed by atoms with Crippen molar-refractivity contribution < 1.29 is 9.59 Å². The highest BCUT2D eigenvalue weighted by molar-refractivity contribution is 6.02. The first-order chi connectivity index (χ1) is 12.7. The number of nitrogens with zero attached hydrogens (tertiary/aromatic N) is 3. The zero-order valence-corrected chi connectivity index (χ0v) is 13.9. The molecule has 2 amide bonds. The summed E-state index contributed by atoms with van der Waals surface area (Å²) < 4.78 is 0. The summed E-state index contributed by atoms with van der Waals surface area (Å²) in [5.74, 6) is -0.136. The molecular formula is C19H17N5O2. The lowest BCUT2D eigenvalue weighted by Gasteiger charge is -2.06. The molecule has 0 radical (unpaired) electrons. The van der Waals surface area contributed by atoms with Crippen molar-refractivity contribution in [1.29, 1.82) is 0 Å². The Kier molecular flexibility index (Phi) is 4.18. The molecule has 1 aliphatic rings. The Balaban J connectivity index is 1.40. The minimum absolute atomic E-state index is 0.0549. The van der Waals surface area contributed by atoms with Crippen LogP contribution in [0.1, 0.15) is 23.3 Å². The van der Waals surface area contributed by atoms with Crippen molar-refractivity contribution in [1.82, 2.24) is 15.0 Å². The van der Waals surface area contributed by atoms with Crippen LogP contribution in [0.25, 0.3) is 5.69 Å². The SMILES string of the molecule is O=C(Nc1ccc(NC(=O)C2CC2)cc1)c1cnn(-c2ccccc2)n1. The van der Waals surface area contributed by atoms with Crippen molar-refractivity contribution in [3.8, 4) is 5.69 Å². The lowest BCUT2D eigenvalue weighted by atomic mass is 10.2. The number of hydrogen-bond acceptors (Lipinski definition) is 4. The fourth-order valence-electron chi connectivity index (χ4n) is 2.47. The van der Waals surface area contributed by atoms with E-state index in [2.05, 4.69) is 20.8 Å². The average molecular weight is 347 g/mol. The molecule has 1 fully saturated rings. The standard InChI is InChI=1S/C19H17N5O2/c25-18(13-6-7-13)21-14-8-10-15(11-9-14)22-19(26)17-12-20-24(23-17)16-4-2-1-3-5-16/h1-5,8-13H,6-7H2,(H,21,25)(H,22,26). The van der Waals surface area contributed by atoms with E-state index in [0.717, 1.165) is 24.2 Å². The van der Waals surface area contributed by atoms with Gasteiger partial charge in [-0.2, -0.15) is 9.90 Å². The number of amides is 2. The molecule has 3 aromatic rings. The van der Waals surface area contributed by atoms with E-state index in [-0.39, 0.29) is 23.4 Å². The van der Waals surface area contributed by atoms with E-state index in [1.165, 1.54) is 11.0 Å². The van der Waals surface area contributed by atoms with Crippen LogP contribution in [0.5, 0.6) is 0 Å². The van der Waals surface area contributed by atoms with Crippen LogP contribution < -0.4 is 10.6 Å². The van der Waals surface area contributed by atoms with Gasteiger partial charge in [0.25, 0.3) is 5.91 Å². The lowest BCUT2D eigenvalue weighted by Crippen LogP contribution is -2.14. The predicted molar refractivity (Wildman–Crippen MR) is 97.1 cm³/mol. The van der Waals surface area contributed by atoms with Crippen LogP contribution >= 0.6 is 0 Å². The normalized spacial score (nSPS) is 13.2. The van der Waals surface area contributed by atoms with E-state index in [4.69, 9.17) is 0 Å². The summed E-state index contributed by atoms with van der Waals surface area (Å²) in [5.41, 5.74) is 2.34. The number of aromatic nitrogens is 3. The second-order valence-electron chi connectivity index (χ2n) is 6.15. The number of benzene rings is 2. The van der Waals surface area contributed by atoms with Gasteiger partial charge >= 0.3 is 0 Å². The average Bonchev–Trinajstić information content (AvgIpc) is 3.41. The van der Waals surface area contributed by atoms with Crippen molar-refractivity contribution in [2.24, 2.45) is 5.92 Å². The van der Waals surface area contributed by atoms with E-state index < -0.39 is 0 Å². The molecule has 2 N–H and O–H groups in total. The Bertz CT molecular complexity index is 930. The number of rotatable bonds is 5. The number of carbonyl (C=O) groups is 2. The van der Waals surface area contributed by atoms with Crippen LogP contribution in [0.15, 0.2) is 60.8 Å². The molecule has 26 heavy (non-hydrogen) atoms. The molecule has 0 bridgehead atoms. The Morgan fingerprint density at radius 1 is 0.923 bits per heavy atom. The van der Waals surface area contributed by atoms with E-state index in [0.29, 0.717) is 5.69 Å². The predicted octanol–water partition coefficient (Wildman–Crippen LogP) is 2.87. The van der Waals surface area contributed by atoms with Crippen molar-refractivity contribution in [2.75, 3.05) is 10.6 Å². The Morgan fingerprint density at radius 2 is 1.58 bits per heavy atom. The molecule has 0 spiro atoms. The summed E-state index contributed by atoms with van der Waals surface area (Å²) in [6.45, 7) is 0. The van der Waals surface area contributed by atoms with Crippen LogP contribution in [0.2, 0.25) is 0 Å². The number of anilines is 2. The summed E-state index contributed by atoms with van der Waals surface area (Å²) in [6.07, 6.45) is 3.35. The van der Waals surface area contributed by atoms with Crippen LogP contribution in [0.3, 0.4) is 0 Å². The lowest BCUT2D eigenvalue weighted by molar-refractivity contribution is -0.117. The van der Waals surface area contributed by atoms with Crippen LogP contribution in [-0.2, 0) is 4.79 Å². The van der Waals surface area contributed by atoms with Crippen LogP contribution in [0, 0.1) is 5.92 Å². The molecule has 2 aromatic carbocycles. The molecule has 7 nitrogen and oxygen atoms in total. The minimum Gasteiger partial charge on any atom is -0.326 e. The molecule has 1 aromatic heterocycles. The summed E-state index contributed by atoms with van der Waals surface area (Å²) in [5, 5.41) is 13.9. The smallest absolute Gasteiger partial charge is 0.277 e. The van der Waals surface area contributed by atoms with Crippen LogP contribution in [0.4, 0.5) is 11.4 Å². The Labute approximate surface area is 150 Å². The topological polar surface area (TPSA) is 88.9 Å². The zero-order valence-electron chi connectivity index (χ0n) is 13.9. The third-order valence-electron chi connectivity index (χ3n) is 4.07. The van der Waals surface area contributed by atoms with E-state index >= 15 is 0 Å². The minimum atomic E-state index is -0.345. The first-order valence-electron chi connectivity index (χ1n) is 8.39. The summed E-state index contributed by atoms with van der Waals surface area (Å²) in [7, 11) is 0. The van der Waals surface area contributed by atoms with Gasteiger partial charge in [0.05, 0.1) is 11.9 Å². The van der Waals surface area contributed by atoms with Gasteiger partial charge in [-0.15, -0.1) is 5.10 Å². The summed E-state index contributed by atoms with van der Waals surface area (Å²) in [4.78, 5) is 25.5. The quantitative estimate of drug-likeness (QED) is 0.743. The maximum absolute atomic E-state index is 12.3. The zero-order chi connectivity index (χ0) is 17.9. The van der Waals surface area contributed by atoms with Gasteiger partial charge in [-0.25, -0.2) is 0 Å². The number of carbonyl (C=O) groups excluding carboxylic acids is 2. The van der Waals surface area contributed by atoms with Gasteiger partial charge in [-0.05, 0) is 49.2 Å². The molecule has 1 saturated carbocycles. The molecular weight excluding hydrogens is 330 g/mol. The van der Waals surface area contributed by atoms with Gasteiger partial charge in [-0.1, -0.05) is 18.2 Å². The fraction of sp³-hybridized carbons (Fsp3) is 0.158. The second-order valence-corrected chi connectivity index (χ2v) is 6.15.